The summed E-state index contributed by atoms with van der Waals surface area (Å²) in [6.07, 6.45) is 5.29. The van der Waals surface area contributed by atoms with Gasteiger partial charge in [-0.05, 0) is 58.3 Å². The summed E-state index contributed by atoms with van der Waals surface area (Å²) < 4.78 is 0. The van der Waals surface area contributed by atoms with Crippen molar-refractivity contribution in [1.82, 2.24) is 9.80 Å². The highest BCUT2D eigenvalue weighted by Gasteiger charge is 2.21. The van der Waals surface area contributed by atoms with Crippen LogP contribution in [0.25, 0.3) is 0 Å². The summed E-state index contributed by atoms with van der Waals surface area (Å²) in [5, 5.41) is 1.15. The van der Waals surface area contributed by atoms with Gasteiger partial charge in [0.05, 0.1) is 0 Å². The summed E-state index contributed by atoms with van der Waals surface area (Å²) in [6, 6.07) is 0.777. The van der Waals surface area contributed by atoms with Crippen molar-refractivity contribution in [1.29, 1.82) is 0 Å². The lowest BCUT2D eigenvalue weighted by Gasteiger charge is -2.30. The summed E-state index contributed by atoms with van der Waals surface area (Å²) in [5.41, 5.74) is 0. The number of rotatable bonds is 6. The van der Waals surface area contributed by atoms with Crippen LogP contribution in [0.2, 0.25) is 0 Å². The zero-order valence-corrected chi connectivity index (χ0v) is 13.4. The first kappa shape index (κ1) is 15.5. The lowest BCUT2D eigenvalue weighted by Crippen LogP contribution is -2.40. The lowest BCUT2D eigenvalue weighted by molar-refractivity contribution is 0.173. The third kappa shape index (κ3) is 5.71. The van der Waals surface area contributed by atoms with Crippen LogP contribution in [0.5, 0.6) is 0 Å². The fourth-order valence-corrected chi connectivity index (χ4v) is 3.47. The van der Waals surface area contributed by atoms with E-state index in [1.165, 1.54) is 51.9 Å². The minimum atomic E-state index is 0.777. The highest BCUT2D eigenvalue weighted by atomic mass is 79.9. The van der Waals surface area contributed by atoms with Gasteiger partial charge in [-0.15, -0.1) is 0 Å². The average molecular weight is 305 g/mol. The van der Waals surface area contributed by atoms with Gasteiger partial charge in [0.25, 0.3) is 0 Å². The predicted octanol–water partition coefficient (Wildman–Crippen LogP) is 3.21. The van der Waals surface area contributed by atoms with E-state index in [0.717, 1.165) is 17.3 Å². The van der Waals surface area contributed by atoms with Crippen LogP contribution in [0.15, 0.2) is 0 Å². The molecule has 1 aliphatic rings. The van der Waals surface area contributed by atoms with Crippen LogP contribution >= 0.6 is 15.9 Å². The van der Waals surface area contributed by atoms with Gasteiger partial charge >= 0.3 is 0 Å². The van der Waals surface area contributed by atoms with Crippen LogP contribution in [0.1, 0.15) is 39.5 Å². The number of hydrogen-bond donors (Lipinski definition) is 0. The number of alkyl halides is 1. The van der Waals surface area contributed by atoms with Gasteiger partial charge in [0.2, 0.25) is 0 Å². The maximum Gasteiger partial charge on any atom is 0.0220 e. The number of hydrogen-bond acceptors (Lipinski definition) is 2. The highest BCUT2D eigenvalue weighted by Crippen LogP contribution is 2.16. The Hall–Kier alpha value is 0.400. The lowest BCUT2D eigenvalue weighted by atomic mass is 10.0. The molecule has 1 aliphatic heterocycles. The number of likely N-dealkylation sites (N-methyl/N-ethyl adjacent to an activating group) is 1. The molecule has 3 heteroatoms. The molecule has 2 nitrogen and oxygen atoms in total. The van der Waals surface area contributed by atoms with Gasteiger partial charge in [-0.2, -0.15) is 0 Å². The normalized spacial score (nSPS) is 25.8. The Morgan fingerprint density at radius 1 is 1.29 bits per heavy atom. The van der Waals surface area contributed by atoms with Gasteiger partial charge in [-0.1, -0.05) is 29.8 Å². The minimum absolute atomic E-state index is 0.777. The molecule has 0 spiro atoms. The van der Waals surface area contributed by atoms with E-state index >= 15 is 0 Å². The molecule has 0 amide bonds. The van der Waals surface area contributed by atoms with Crippen LogP contribution < -0.4 is 0 Å². The Morgan fingerprint density at radius 2 is 2.06 bits per heavy atom. The first-order valence-electron chi connectivity index (χ1n) is 7.16. The maximum atomic E-state index is 3.54. The van der Waals surface area contributed by atoms with E-state index in [1.54, 1.807) is 0 Å². The SMILES string of the molecule is CCC1CN(C)CCCN1CCC(C)CCBr. The largest absolute Gasteiger partial charge is 0.305 e. The molecule has 0 aromatic heterocycles. The molecule has 1 rings (SSSR count). The minimum Gasteiger partial charge on any atom is -0.305 e. The second-order valence-electron chi connectivity index (χ2n) is 5.59. The van der Waals surface area contributed by atoms with E-state index in [1.807, 2.05) is 0 Å². The van der Waals surface area contributed by atoms with Gasteiger partial charge < -0.3 is 4.90 Å². The number of halogens is 1. The molecule has 17 heavy (non-hydrogen) atoms. The first-order valence-corrected chi connectivity index (χ1v) is 8.28. The van der Waals surface area contributed by atoms with E-state index in [2.05, 4.69) is 46.6 Å². The molecule has 1 heterocycles. The van der Waals surface area contributed by atoms with Gasteiger partial charge in [0.15, 0.2) is 0 Å². The fourth-order valence-electron chi connectivity index (χ4n) is 2.69. The van der Waals surface area contributed by atoms with E-state index in [-0.39, 0.29) is 0 Å². The van der Waals surface area contributed by atoms with Gasteiger partial charge in [0.1, 0.15) is 0 Å². The average Bonchev–Trinajstić information content (AvgIpc) is 2.48. The van der Waals surface area contributed by atoms with Crippen LogP contribution in [-0.4, -0.2) is 54.4 Å². The Balaban J connectivity index is 2.38. The van der Waals surface area contributed by atoms with Crippen molar-refractivity contribution in [3.05, 3.63) is 0 Å². The Labute approximate surface area is 116 Å². The van der Waals surface area contributed by atoms with E-state index in [4.69, 9.17) is 0 Å². The summed E-state index contributed by atoms with van der Waals surface area (Å²) >= 11 is 3.54. The fraction of sp³-hybridized carbons (Fsp3) is 1.00. The van der Waals surface area contributed by atoms with Crippen LogP contribution in [0, 0.1) is 5.92 Å². The second-order valence-corrected chi connectivity index (χ2v) is 6.38. The van der Waals surface area contributed by atoms with Crippen molar-refractivity contribution in [2.24, 2.45) is 5.92 Å². The van der Waals surface area contributed by atoms with Crippen molar-refractivity contribution >= 4 is 15.9 Å². The molecule has 0 N–H and O–H groups in total. The predicted molar refractivity (Wildman–Crippen MR) is 80.0 cm³/mol. The maximum absolute atomic E-state index is 3.54. The number of nitrogens with zero attached hydrogens (tertiary/aromatic N) is 2. The molecule has 0 saturated carbocycles. The Bertz CT molecular complexity index is 199. The van der Waals surface area contributed by atoms with Gasteiger partial charge in [-0.3, -0.25) is 4.90 Å². The molecule has 1 fully saturated rings. The molecule has 2 unspecified atom stereocenters. The quantitative estimate of drug-likeness (QED) is 0.695. The molecule has 102 valence electrons. The first-order chi connectivity index (χ1) is 8.17. The van der Waals surface area contributed by atoms with Crippen molar-refractivity contribution in [3.8, 4) is 0 Å². The smallest absolute Gasteiger partial charge is 0.0220 e. The molecular formula is C14H29BrN2. The molecule has 0 radical (unpaired) electrons. The third-order valence-corrected chi connectivity index (χ3v) is 4.46. The molecule has 0 bridgehead atoms. The van der Waals surface area contributed by atoms with Gasteiger partial charge in [-0.25, -0.2) is 0 Å². The Morgan fingerprint density at radius 3 is 2.71 bits per heavy atom. The monoisotopic (exact) mass is 304 g/mol. The Kier molecular flexibility index (Phi) is 7.72. The van der Waals surface area contributed by atoms with Gasteiger partial charge in [0, 0.05) is 17.9 Å². The van der Waals surface area contributed by atoms with E-state index < -0.39 is 0 Å². The molecular weight excluding hydrogens is 276 g/mol. The van der Waals surface area contributed by atoms with Crippen LogP contribution in [0.3, 0.4) is 0 Å². The molecule has 1 saturated heterocycles. The zero-order chi connectivity index (χ0) is 12.7. The van der Waals surface area contributed by atoms with Crippen molar-refractivity contribution in [2.75, 3.05) is 38.6 Å². The molecule has 0 aliphatic carbocycles. The van der Waals surface area contributed by atoms with Crippen LogP contribution in [-0.2, 0) is 0 Å². The second kappa shape index (κ2) is 8.49. The topological polar surface area (TPSA) is 6.48 Å². The zero-order valence-electron chi connectivity index (χ0n) is 11.8. The highest BCUT2D eigenvalue weighted by molar-refractivity contribution is 9.09. The van der Waals surface area contributed by atoms with E-state index in [0.29, 0.717) is 0 Å². The summed E-state index contributed by atoms with van der Waals surface area (Å²) in [4.78, 5) is 5.23. The summed E-state index contributed by atoms with van der Waals surface area (Å²) in [7, 11) is 2.26. The van der Waals surface area contributed by atoms with Crippen LogP contribution in [0.4, 0.5) is 0 Å². The van der Waals surface area contributed by atoms with E-state index in [9.17, 15) is 0 Å². The molecule has 0 aromatic rings. The van der Waals surface area contributed by atoms with Crippen molar-refractivity contribution < 1.29 is 0 Å². The third-order valence-electron chi connectivity index (χ3n) is 4.01. The molecule has 0 aromatic carbocycles. The van der Waals surface area contributed by atoms with Crippen molar-refractivity contribution in [2.45, 2.75) is 45.6 Å². The standard InChI is InChI=1S/C14H29BrN2/c1-4-14-12-16(3)9-5-10-17(14)11-7-13(2)6-8-15/h13-14H,4-12H2,1-3H3. The summed E-state index contributed by atoms with van der Waals surface area (Å²) in [6.45, 7) is 9.82. The summed E-state index contributed by atoms with van der Waals surface area (Å²) in [5.74, 6) is 0.855. The molecule has 2 atom stereocenters. The van der Waals surface area contributed by atoms with Crippen molar-refractivity contribution in [3.63, 3.8) is 0 Å².